The zero-order chi connectivity index (χ0) is 20.4. The molecule has 0 bridgehead atoms. The van der Waals surface area contributed by atoms with E-state index in [0.29, 0.717) is 10.8 Å². The summed E-state index contributed by atoms with van der Waals surface area (Å²) in [5.41, 5.74) is -0.334. The Morgan fingerprint density at radius 2 is 2.07 bits per heavy atom. The Bertz CT molecular complexity index is 1270. The highest BCUT2D eigenvalue weighted by Crippen LogP contribution is 2.20. The van der Waals surface area contributed by atoms with Crippen LogP contribution in [0.5, 0.6) is 0 Å². The van der Waals surface area contributed by atoms with Gasteiger partial charge in [-0.25, -0.2) is 9.48 Å². The minimum Gasteiger partial charge on any atom is -0.387 e. The van der Waals surface area contributed by atoms with E-state index < -0.39 is 11.8 Å². The Hall–Kier alpha value is -3.53. The number of hydrogen-bond donors (Lipinski definition) is 1. The molecule has 1 atom stereocenters. The Morgan fingerprint density at radius 3 is 2.86 bits per heavy atom. The van der Waals surface area contributed by atoms with E-state index in [9.17, 15) is 14.4 Å². The van der Waals surface area contributed by atoms with Gasteiger partial charge in [0.25, 0.3) is 11.4 Å². The van der Waals surface area contributed by atoms with Gasteiger partial charge in [0.05, 0.1) is 23.0 Å². The molecule has 1 aromatic carbocycles. The molecule has 1 N–H and O–H groups in total. The molecular weight excluding hydrogens is 394 g/mol. The Balaban J connectivity index is 1.42. The monoisotopic (exact) mass is 411 g/mol. The number of rotatable bonds is 6. The topological polar surface area (TPSA) is 112 Å². The molecule has 148 valence electrons. The highest BCUT2D eigenvalue weighted by molar-refractivity contribution is 7.13. The minimum atomic E-state index is -0.803. The van der Waals surface area contributed by atoms with Crippen LogP contribution in [0.2, 0.25) is 0 Å². The molecular formula is C19H17N5O4S. The van der Waals surface area contributed by atoms with Gasteiger partial charge in [0, 0.05) is 11.9 Å². The number of thiophene rings is 1. The number of nitrogens with one attached hydrogen (secondary N) is 1. The number of hydrogen-bond acceptors (Lipinski definition) is 7. The van der Waals surface area contributed by atoms with E-state index in [0.717, 1.165) is 14.2 Å². The van der Waals surface area contributed by atoms with E-state index in [-0.39, 0.29) is 30.4 Å². The lowest BCUT2D eigenvalue weighted by atomic mass is 10.2. The fraction of sp³-hybridized carbons (Fsp3) is 0.211. The first-order valence-corrected chi connectivity index (χ1v) is 9.78. The molecule has 1 amide bonds. The second kappa shape index (κ2) is 7.84. The maximum atomic E-state index is 12.6. The quantitative estimate of drug-likeness (QED) is 0.516. The molecule has 0 aliphatic carbocycles. The van der Waals surface area contributed by atoms with Gasteiger partial charge in [-0.1, -0.05) is 24.3 Å². The van der Waals surface area contributed by atoms with Gasteiger partial charge in [-0.3, -0.25) is 9.59 Å². The van der Waals surface area contributed by atoms with E-state index in [1.54, 1.807) is 37.4 Å². The van der Waals surface area contributed by atoms with Gasteiger partial charge in [0.1, 0.15) is 6.04 Å². The van der Waals surface area contributed by atoms with Gasteiger partial charge in [-0.15, -0.1) is 16.4 Å². The predicted octanol–water partition coefficient (Wildman–Crippen LogP) is 1.65. The number of aromatic nitrogens is 4. The molecule has 0 saturated heterocycles. The lowest BCUT2D eigenvalue weighted by molar-refractivity contribution is -0.124. The molecule has 0 radical (unpaired) electrons. The molecule has 4 rings (SSSR count). The van der Waals surface area contributed by atoms with Crippen molar-refractivity contribution < 1.29 is 9.21 Å². The van der Waals surface area contributed by atoms with Crippen LogP contribution in [-0.2, 0) is 11.3 Å². The SMILES string of the molecule is CC(C(=O)NCCn1nc(-c2cccs2)oc1=O)n1ncc2ccccc2c1=O. The molecule has 0 spiro atoms. The molecule has 0 fully saturated rings. The second-order valence-corrected chi connectivity index (χ2v) is 7.27. The summed E-state index contributed by atoms with van der Waals surface area (Å²) in [5, 5.41) is 14.0. The third kappa shape index (κ3) is 3.74. The molecule has 0 aliphatic rings. The lowest BCUT2D eigenvalue weighted by Crippen LogP contribution is -2.38. The summed E-state index contributed by atoms with van der Waals surface area (Å²) in [7, 11) is 0. The average molecular weight is 411 g/mol. The van der Waals surface area contributed by atoms with Crippen LogP contribution in [0, 0.1) is 0 Å². The molecule has 1 unspecified atom stereocenters. The predicted molar refractivity (Wildman–Crippen MR) is 108 cm³/mol. The van der Waals surface area contributed by atoms with Crippen molar-refractivity contribution in [3.63, 3.8) is 0 Å². The van der Waals surface area contributed by atoms with E-state index in [1.165, 1.54) is 11.3 Å². The Labute approximate surface area is 168 Å². The number of carbonyl (C=O) groups is 1. The molecule has 0 aliphatic heterocycles. The number of nitrogens with zero attached hydrogens (tertiary/aromatic N) is 4. The van der Waals surface area contributed by atoms with Crippen molar-refractivity contribution in [2.24, 2.45) is 0 Å². The van der Waals surface area contributed by atoms with Crippen molar-refractivity contribution in [3.05, 3.63) is 68.9 Å². The van der Waals surface area contributed by atoms with Crippen molar-refractivity contribution in [3.8, 4) is 10.8 Å². The van der Waals surface area contributed by atoms with E-state index in [4.69, 9.17) is 4.42 Å². The maximum Gasteiger partial charge on any atom is 0.437 e. The van der Waals surface area contributed by atoms with Crippen LogP contribution in [0.3, 0.4) is 0 Å². The highest BCUT2D eigenvalue weighted by Gasteiger charge is 2.18. The molecule has 10 heteroatoms. The molecule has 9 nitrogen and oxygen atoms in total. The highest BCUT2D eigenvalue weighted by atomic mass is 32.1. The van der Waals surface area contributed by atoms with Crippen molar-refractivity contribution in [2.75, 3.05) is 6.54 Å². The van der Waals surface area contributed by atoms with Crippen LogP contribution in [0.15, 0.2) is 62.0 Å². The second-order valence-electron chi connectivity index (χ2n) is 6.32. The first kappa shape index (κ1) is 18.8. The Kier molecular flexibility index (Phi) is 5.09. The Morgan fingerprint density at radius 1 is 1.24 bits per heavy atom. The first-order valence-electron chi connectivity index (χ1n) is 8.90. The van der Waals surface area contributed by atoms with Gasteiger partial charge in [-0.05, 0) is 24.4 Å². The maximum absolute atomic E-state index is 12.6. The zero-order valence-corrected chi connectivity index (χ0v) is 16.3. The van der Waals surface area contributed by atoms with Gasteiger partial charge < -0.3 is 9.73 Å². The van der Waals surface area contributed by atoms with Gasteiger partial charge in [0.2, 0.25) is 5.91 Å². The summed E-state index contributed by atoms with van der Waals surface area (Å²) < 4.78 is 7.43. The van der Waals surface area contributed by atoms with Crippen LogP contribution < -0.4 is 16.6 Å². The zero-order valence-electron chi connectivity index (χ0n) is 15.4. The number of fused-ring (bicyclic) bond motifs is 1. The standard InChI is InChI=1S/C19H17N5O4S/c1-12(24-18(26)14-6-3-2-5-13(14)11-21-24)16(25)20-8-9-23-19(27)28-17(22-23)15-7-4-10-29-15/h2-7,10-12H,8-9H2,1H3,(H,20,25). The summed E-state index contributed by atoms with van der Waals surface area (Å²) in [6.07, 6.45) is 1.56. The van der Waals surface area contributed by atoms with Gasteiger partial charge >= 0.3 is 5.76 Å². The van der Waals surface area contributed by atoms with E-state index in [1.807, 2.05) is 17.5 Å². The van der Waals surface area contributed by atoms with Crippen LogP contribution in [0.25, 0.3) is 21.5 Å². The van der Waals surface area contributed by atoms with Gasteiger partial charge in [-0.2, -0.15) is 9.78 Å². The van der Waals surface area contributed by atoms with Crippen molar-refractivity contribution in [2.45, 2.75) is 19.5 Å². The van der Waals surface area contributed by atoms with Crippen molar-refractivity contribution >= 4 is 28.0 Å². The summed E-state index contributed by atoms with van der Waals surface area (Å²) in [6.45, 7) is 1.89. The summed E-state index contributed by atoms with van der Waals surface area (Å²) in [5.74, 6) is -0.732. The molecule has 4 aromatic rings. The van der Waals surface area contributed by atoms with E-state index >= 15 is 0 Å². The molecule has 3 heterocycles. The van der Waals surface area contributed by atoms with E-state index in [2.05, 4.69) is 15.5 Å². The third-order valence-corrected chi connectivity index (χ3v) is 5.29. The number of carbonyl (C=O) groups excluding carboxylic acids is 1. The summed E-state index contributed by atoms with van der Waals surface area (Å²) >= 11 is 1.41. The number of amides is 1. The smallest absolute Gasteiger partial charge is 0.387 e. The minimum absolute atomic E-state index is 0.145. The van der Waals surface area contributed by atoms with Crippen molar-refractivity contribution in [1.29, 1.82) is 0 Å². The third-order valence-electron chi connectivity index (χ3n) is 4.43. The fourth-order valence-electron chi connectivity index (χ4n) is 2.87. The normalized spacial score (nSPS) is 12.2. The average Bonchev–Trinajstić information content (AvgIpc) is 3.38. The van der Waals surface area contributed by atoms with Gasteiger partial charge in [0.15, 0.2) is 0 Å². The first-order chi connectivity index (χ1) is 14.0. The van der Waals surface area contributed by atoms with Crippen LogP contribution in [0.1, 0.15) is 13.0 Å². The summed E-state index contributed by atoms with van der Waals surface area (Å²) in [4.78, 5) is 37.7. The molecule has 3 aromatic heterocycles. The van der Waals surface area contributed by atoms with Crippen LogP contribution in [-0.4, -0.2) is 32.0 Å². The largest absolute Gasteiger partial charge is 0.437 e. The number of benzene rings is 1. The fourth-order valence-corrected chi connectivity index (χ4v) is 3.52. The van der Waals surface area contributed by atoms with Crippen LogP contribution in [0.4, 0.5) is 0 Å². The molecule has 29 heavy (non-hydrogen) atoms. The van der Waals surface area contributed by atoms with Crippen LogP contribution >= 0.6 is 11.3 Å². The molecule has 0 saturated carbocycles. The van der Waals surface area contributed by atoms with Crippen molar-refractivity contribution in [1.82, 2.24) is 24.9 Å². The lowest BCUT2D eigenvalue weighted by Gasteiger charge is -2.14. The summed E-state index contributed by atoms with van der Waals surface area (Å²) in [6, 6.07) is 9.91.